The molecule has 0 N–H and O–H groups in total. The lowest BCUT2D eigenvalue weighted by Gasteiger charge is -2.40. The number of Topliss-reactive ketones (excluding diaryl/α,β-unsaturated/α-hetero) is 1. The van der Waals surface area contributed by atoms with Crippen molar-refractivity contribution in [1.29, 1.82) is 0 Å². The van der Waals surface area contributed by atoms with Crippen molar-refractivity contribution in [2.75, 3.05) is 13.1 Å². The highest BCUT2D eigenvalue weighted by atomic mass is 16.1. The van der Waals surface area contributed by atoms with E-state index in [0.717, 1.165) is 44.7 Å². The number of nitrogens with zero attached hydrogens (tertiary/aromatic N) is 1. The van der Waals surface area contributed by atoms with Gasteiger partial charge in [-0.15, -0.1) is 0 Å². The fourth-order valence-corrected chi connectivity index (χ4v) is 2.86. The fourth-order valence-electron chi connectivity index (χ4n) is 2.86. The lowest BCUT2D eigenvalue weighted by atomic mass is 9.75. The zero-order chi connectivity index (χ0) is 12.5. The van der Waals surface area contributed by atoms with Gasteiger partial charge in [-0.1, -0.05) is 19.8 Å². The molecule has 2 nitrogen and oxygen atoms in total. The average molecular weight is 237 g/mol. The third-order valence-corrected chi connectivity index (χ3v) is 4.78. The zero-order valence-electron chi connectivity index (χ0n) is 11.7. The summed E-state index contributed by atoms with van der Waals surface area (Å²) in [4.78, 5) is 14.8. The molecule has 0 aromatic heterocycles. The molecular weight excluding hydrogens is 210 g/mol. The summed E-state index contributed by atoms with van der Waals surface area (Å²) in [5.41, 5.74) is -0.0136. The standard InChI is InChI=1S/C15H27NO/c1-12(2)16-10-8-15(3,9-11-16)14(17)7-6-13-4-5-13/h12-13H,4-11H2,1-3H3. The van der Waals surface area contributed by atoms with E-state index >= 15 is 0 Å². The lowest BCUT2D eigenvalue weighted by molar-refractivity contribution is -0.130. The van der Waals surface area contributed by atoms with Gasteiger partial charge >= 0.3 is 0 Å². The van der Waals surface area contributed by atoms with Gasteiger partial charge in [0.15, 0.2) is 0 Å². The summed E-state index contributed by atoms with van der Waals surface area (Å²) in [6.45, 7) is 8.89. The summed E-state index contributed by atoms with van der Waals surface area (Å²) in [6, 6.07) is 0.626. The molecule has 2 heteroatoms. The normalized spacial score (nSPS) is 25.2. The molecule has 2 aliphatic rings. The summed E-state index contributed by atoms with van der Waals surface area (Å²) >= 11 is 0. The highest BCUT2D eigenvalue weighted by Gasteiger charge is 2.37. The predicted molar refractivity (Wildman–Crippen MR) is 71.0 cm³/mol. The molecule has 0 radical (unpaired) electrons. The monoisotopic (exact) mass is 237 g/mol. The van der Waals surface area contributed by atoms with E-state index in [1.54, 1.807) is 0 Å². The molecule has 0 aromatic rings. The minimum Gasteiger partial charge on any atom is -0.301 e. The summed E-state index contributed by atoms with van der Waals surface area (Å²) in [6.07, 6.45) is 6.85. The molecule has 98 valence electrons. The van der Waals surface area contributed by atoms with E-state index in [2.05, 4.69) is 25.7 Å². The Labute approximate surface area is 106 Å². The van der Waals surface area contributed by atoms with Crippen LogP contribution in [0.5, 0.6) is 0 Å². The predicted octanol–water partition coefficient (Wildman–Crippen LogP) is 3.26. The van der Waals surface area contributed by atoms with Crippen molar-refractivity contribution in [2.24, 2.45) is 11.3 Å². The van der Waals surface area contributed by atoms with Gasteiger partial charge in [0.2, 0.25) is 0 Å². The van der Waals surface area contributed by atoms with Crippen LogP contribution in [0.3, 0.4) is 0 Å². The molecule has 0 aromatic carbocycles. The third-order valence-electron chi connectivity index (χ3n) is 4.78. The molecule has 1 saturated heterocycles. The van der Waals surface area contributed by atoms with Crippen molar-refractivity contribution in [3.8, 4) is 0 Å². The lowest BCUT2D eigenvalue weighted by Crippen LogP contribution is -2.45. The highest BCUT2D eigenvalue weighted by Crippen LogP contribution is 2.38. The first-order valence-electron chi connectivity index (χ1n) is 7.28. The minimum atomic E-state index is -0.0136. The summed E-state index contributed by atoms with van der Waals surface area (Å²) < 4.78 is 0. The van der Waals surface area contributed by atoms with E-state index in [0.29, 0.717) is 11.8 Å². The Bertz CT molecular complexity index is 273. The van der Waals surface area contributed by atoms with Crippen molar-refractivity contribution < 1.29 is 4.79 Å². The molecule has 0 unspecified atom stereocenters. The zero-order valence-corrected chi connectivity index (χ0v) is 11.7. The number of likely N-dealkylation sites (tertiary alicyclic amines) is 1. The topological polar surface area (TPSA) is 20.3 Å². The van der Waals surface area contributed by atoms with Gasteiger partial charge in [-0.2, -0.15) is 0 Å². The molecule has 1 aliphatic carbocycles. The average Bonchev–Trinajstić information content (AvgIpc) is 3.10. The number of rotatable bonds is 5. The molecule has 2 fully saturated rings. The number of ketones is 1. The Morgan fingerprint density at radius 3 is 2.35 bits per heavy atom. The number of piperidine rings is 1. The van der Waals surface area contributed by atoms with Gasteiger partial charge in [-0.25, -0.2) is 0 Å². The molecule has 0 spiro atoms. The van der Waals surface area contributed by atoms with Gasteiger partial charge in [-0.3, -0.25) is 4.79 Å². The minimum absolute atomic E-state index is 0.0136. The first-order chi connectivity index (χ1) is 8.01. The van der Waals surface area contributed by atoms with Crippen LogP contribution in [0.15, 0.2) is 0 Å². The molecule has 17 heavy (non-hydrogen) atoms. The number of carbonyl (C=O) groups is 1. The molecule has 0 atom stereocenters. The molecule has 1 aliphatic heterocycles. The van der Waals surface area contributed by atoms with Gasteiger partial charge in [0.05, 0.1) is 0 Å². The van der Waals surface area contributed by atoms with Gasteiger partial charge in [0.25, 0.3) is 0 Å². The van der Waals surface area contributed by atoms with E-state index in [4.69, 9.17) is 0 Å². The highest BCUT2D eigenvalue weighted by molar-refractivity contribution is 5.84. The molecule has 0 amide bonds. The SMILES string of the molecule is CC(C)N1CCC(C)(C(=O)CCC2CC2)CC1. The van der Waals surface area contributed by atoms with Crippen LogP contribution in [0.4, 0.5) is 0 Å². The van der Waals surface area contributed by atoms with Crippen molar-refractivity contribution in [3.05, 3.63) is 0 Å². The van der Waals surface area contributed by atoms with Crippen LogP contribution in [0.1, 0.15) is 59.3 Å². The van der Waals surface area contributed by atoms with E-state index in [1.807, 2.05) is 0 Å². The van der Waals surface area contributed by atoms with Crippen LogP contribution < -0.4 is 0 Å². The molecular formula is C15H27NO. The second-order valence-corrected chi connectivity index (χ2v) is 6.60. The number of hydrogen-bond acceptors (Lipinski definition) is 2. The first-order valence-corrected chi connectivity index (χ1v) is 7.28. The van der Waals surface area contributed by atoms with E-state index in [-0.39, 0.29) is 5.41 Å². The van der Waals surface area contributed by atoms with Crippen molar-refractivity contribution >= 4 is 5.78 Å². The largest absolute Gasteiger partial charge is 0.301 e. The summed E-state index contributed by atoms with van der Waals surface area (Å²) in [5, 5.41) is 0. The van der Waals surface area contributed by atoms with Gasteiger partial charge in [0.1, 0.15) is 5.78 Å². The van der Waals surface area contributed by atoms with Crippen LogP contribution in [0.25, 0.3) is 0 Å². The van der Waals surface area contributed by atoms with Gasteiger partial charge in [0, 0.05) is 17.9 Å². The van der Waals surface area contributed by atoms with Crippen molar-refractivity contribution in [3.63, 3.8) is 0 Å². The quantitative estimate of drug-likeness (QED) is 0.731. The fraction of sp³-hybridized carbons (Fsp3) is 0.933. The number of hydrogen-bond donors (Lipinski definition) is 0. The maximum Gasteiger partial charge on any atom is 0.138 e. The van der Waals surface area contributed by atoms with Crippen LogP contribution in [-0.2, 0) is 4.79 Å². The molecule has 1 heterocycles. The molecule has 2 rings (SSSR count). The Morgan fingerprint density at radius 2 is 1.88 bits per heavy atom. The molecule has 1 saturated carbocycles. The maximum atomic E-state index is 12.3. The van der Waals surface area contributed by atoms with E-state index in [1.165, 1.54) is 12.8 Å². The van der Waals surface area contributed by atoms with Gasteiger partial charge < -0.3 is 4.90 Å². The summed E-state index contributed by atoms with van der Waals surface area (Å²) in [5.74, 6) is 1.42. The number of carbonyl (C=O) groups excluding carboxylic acids is 1. The van der Waals surface area contributed by atoms with E-state index < -0.39 is 0 Å². The van der Waals surface area contributed by atoms with Crippen LogP contribution in [0.2, 0.25) is 0 Å². The maximum absolute atomic E-state index is 12.3. The van der Waals surface area contributed by atoms with Crippen molar-refractivity contribution in [1.82, 2.24) is 4.90 Å². The second kappa shape index (κ2) is 5.09. The second-order valence-electron chi connectivity index (χ2n) is 6.60. The summed E-state index contributed by atoms with van der Waals surface area (Å²) in [7, 11) is 0. The van der Waals surface area contributed by atoms with Gasteiger partial charge in [-0.05, 0) is 52.1 Å². The van der Waals surface area contributed by atoms with Crippen LogP contribution in [-0.4, -0.2) is 29.8 Å². The Balaban J connectivity index is 1.80. The first kappa shape index (κ1) is 13.1. The van der Waals surface area contributed by atoms with Crippen LogP contribution >= 0.6 is 0 Å². The van der Waals surface area contributed by atoms with Crippen LogP contribution in [0, 0.1) is 11.3 Å². The molecule has 0 bridgehead atoms. The third kappa shape index (κ3) is 3.31. The van der Waals surface area contributed by atoms with Crippen molar-refractivity contribution in [2.45, 2.75) is 65.3 Å². The Hall–Kier alpha value is -0.370. The Morgan fingerprint density at radius 1 is 1.29 bits per heavy atom. The Kier molecular flexibility index (Phi) is 3.92. The van der Waals surface area contributed by atoms with E-state index in [9.17, 15) is 4.79 Å². The smallest absolute Gasteiger partial charge is 0.138 e.